The molecule has 0 saturated carbocycles. The highest BCUT2D eigenvalue weighted by molar-refractivity contribution is 6.07. The third-order valence-electron chi connectivity index (χ3n) is 3.65. The monoisotopic (exact) mass is 388 g/mol. The van der Waals surface area contributed by atoms with E-state index in [9.17, 15) is 19.7 Å². The van der Waals surface area contributed by atoms with Crippen molar-refractivity contribution in [1.82, 2.24) is 5.32 Å². The van der Waals surface area contributed by atoms with Crippen LogP contribution in [-0.2, 0) is 0 Å². The third kappa shape index (κ3) is 4.87. The smallest absolute Gasteiger partial charge is 0.318 e. The Bertz CT molecular complexity index is 882. The number of ether oxygens (including phenoxy) is 2. The third-order valence-corrected chi connectivity index (χ3v) is 3.65. The average molecular weight is 388 g/mol. The van der Waals surface area contributed by atoms with Crippen molar-refractivity contribution in [3.8, 4) is 11.5 Å². The molecule has 28 heavy (non-hydrogen) atoms. The van der Waals surface area contributed by atoms with Gasteiger partial charge < -0.3 is 25.4 Å². The van der Waals surface area contributed by atoms with E-state index >= 15 is 0 Å². The van der Waals surface area contributed by atoms with Gasteiger partial charge in [-0.2, -0.15) is 0 Å². The van der Waals surface area contributed by atoms with Crippen LogP contribution in [0.1, 0.15) is 17.3 Å². The molecular weight excluding hydrogens is 368 g/mol. The molecule has 2 rings (SSSR count). The van der Waals surface area contributed by atoms with Crippen LogP contribution in [0, 0.1) is 10.1 Å². The number of nitro groups is 1. The van der Waals surface area contributed by atoms with Gasteiger partial charge in [0, 0.05) is 24.5 Å². The fourth-order valence-corrected chi connectivity index (χ4v) is 2.34. The first kappa shape index (κ1) is 20.5. The number of nitro benzene ring substituents is 1. The van der Waals surface area contributed by atoms with Crippen molar-refractivity contribution in [2.75, 3.05) is 31.4 Å². The summed E-state index contributed by atoms with van der Waals surface area (Å²) < 4.78 is 10.5. The predicted molar refractivity (Wildman–Crippen MR) is 103 cm³/mol. The Morgan fingerprint density at radius 3 is 2.18 bits per heavy atom. The Morgan fingerprint density at radius 1 is 1.07 bits per heavy atom. The molecule has 0 fully saturated rings. The van der Waals surface area contributed by atoms with Crippen molar-refractivity contribution in [3.05, 3.63) is 52.1 Å². The highest BCUT2D eigenvalue weighted by atomic mass is 16.6. The summed E-state index contributed by atoms with van der Waals surface area (Å²) in [6, 6.07) is 8.32. The van der Waals surface area contributed by atoms with Crippen LogP contribution in [0.25, 0.3) is 0 Å². The van der Waals surface area contributed by atoms with Gasteiger partial charge in [-0.05, 0) is 31.2 Å². The molecule has 0 unspecified atom stereocenters. The minimum absolute atomic E-state index is 0.162. The van der Waals surface area contributed by atoms with Crippen molar-refractivity contribution in [3.63, 3.8) is 0 Å². The zero-order valence-electron chi connectivity index (χ0n) is 15.6. The maximum atomic E-state index is 12.6. The van der Waals surface area contributed by atoms with Gasteiger partial charge in [0.25, 0.3) is 11.6 Å². The molecule has 0 aliphatic carbocycles. The zero-order chi connectivity index (χ0) is 20.7. The Labute approximate surface area is 161 Å². The molecule has 0 atom stereocenters. The van der Waals surface area contributed by atoms with E-state index in [2.05, 4.69) is 16.0 Å². The van der Waals surface area contributed by atoms with E-state index < -0.39 is 16.5 Å². The second-order valence-electron chi connectivity index (χ2n) is 5.45. The number of benzene rings is 2. The number of anilines is 2. The summed E-state index contributed by atoms with van der Waals surface area (Å²) in [6.45, 7) is 2.05. The summed E-state index contributed by atoms with van der Waals surface area (Å²) in [5.74, 6) is -0.289. The lowest BCUT2D eigenvalue weighted by molar-refractivity contribution is -0.385. The molecule has 2 aromatic rings. The predicted octanol–water partition coefficient (Wildman–Crippen LogP) is 3.01. The van der Waals surface area contributed by atoms with Gasteiger partial charge in [-0.25, -0.2) is 4.79 Å². The summed E-state index contributed by atoms with van der Waals surface area (Å²) >= 11 is 0. The molecule has 0 aliphatic heterocycles. The van der Waals surface area contributed by atoms with Crippen LogP contribution in [-0.4, -0.2) is 37.6 Å². The number of nitrogens with one attached hydrogen (secondary N) is 3. The number of carbonyl (C=O) groups excluding carboxylic acids is 2. The second kappa shape index (κ2) is 9.21. The highest BCUT2D eigenvalue weighted by Gasteiger charge is 2.24. The molecule has 0 radical (unpaired) electrons. The molecule has 2 aromatic carbocycles. The standard InChI is InChI=1S/C18H20N4O6/c1-4-28-16-9-13(14(22(25)26)10-15(16)27-3)17(23)20-11-5-7-12(8-6-11)21-18(24)19-2/h5-10H,4H2,1-3H3,(H,20,23)(H2,19,21,24). The molecule has 3 N–H and O–H groups in total. The van der Waals surface area contributed by atoms with Crippen molar-refractivity contribution in [1.29, 1.82) is 0 Å². The number of methoxy groups -OCH3 is 1. The quantitative estimate of drug-likeness (QED) is 0.493. The van der Waals surface area contributed by atoms with Gasteiger partial charge in [-0.3, -0.25) is 14.9 Å². The number of rotatable bonds is 7. The molecule has 0 bridgehead atoms. The van der Waals surface area contributed by atoms with Gasteiger partial charge in [0.2, 0.25) is 0 Å². The minimum Gasteiger partial charge on any atom is -0.493 e. The largest absolute Gasteiger partial charge is 0.493 e. The van der Waals surface area contributed by atoms with Gasteiger partial charge in [0.15, 0.2) is 11.5 Å². The van der Waals surface area contributed by atoms with Crippen molar-refractivity contribution < 1.29 is 24.0 Å². The molecule has 0 aromatic heterocycles. The number of carbonyl (C=O) groups is 2. The number of amides is 3. The van der Waals surface area contributed by atoms with E-state index in [4.69, 9.17) is 9.47 Å². The molecule has 3 amide bonds. The normalized spacial score (nSPS) is 9.96. The fraction of sp³-hybridized carbons (Fsp3) is 0.222. The van der Waals surface area contributed by atoms with Crippen LogP contribution >= 0.6 is 0 Å². The first-order chi connectivity index (χ1) is 13.4. The van der Waals surface area contributed by atoms with E-state index in [0.29, 0.717) is 18.0 Å². The number of hydrogen-bond donors (Lipinski definition) is 3. The van der Waals surface area contributed by atoms with E-state index in [0.717, 1.165) is 6.07 Å². The molecule has 10 heteroatoms. The Kier molecular flexibility index (Phi) is 6.74. The molecular formula is C18H20N4O6. The summed E-state index contributed by atoms with van der Waals surface area (Å²) in [4.78, 5) is 34.6. The van der Waals surface area contributed by atoms with Crippen LogP contribution < -0.4 is 25.4 Å². The van der Waals surface area contributed by atoms with Gasteiger partial charge >= 0.3 is 6.03 Å². The van der Waals surface area contributed by atoms with Gasteiger partial charge in [0.05, 0.1) is 24.7 Å². The minimum atomic E-state index is -0.678. The summed E-state index contributed by atoms with van der Waals surface area (Å²) in [7, 11) is 2.85. The Hall–Kier alpha value is -3.82. The maximum absolute atomic E-state index is 12.6. The summed E-state index contributed by atoms with van der Waals surface area (Å²) in [6.07, 6.45) is 0. The Balaban J connectivity index is 2.28. The van der Waals surface area contributed by atoms with Crippen LogP contribution in [0.3, 0.4) is 0 Å². The van der Waals surface area contributed by atoms with Crippen LogP contribution in [0.5, 0.6) is 11.5 Å². The molecule has 0 saturated heterocycles. The Morgan fingerprint density at radius 2 is 1.68 bits per heavy atom. The van der Waals surface area contributed by atoms with E-state index in [1.54, 1.807) is 31.2 Å². The molecule has 10 nitrogen and oxygen atoms in total. The SMILES string of the molecule is CCOc1cc(C(=O)Nc2ccc(NC(=O)NC)cc2)c([N+](=O)[O-])cc1OC. The second-order valence-corrected chi connectivity index (χ2v) is 5.45. The zero-order valence-corrected chi connectivity index (χ0v) is 15.6. The molecule has 0 aliphatic rings. The van der Waals surface area contributed by atoms with Crippen LogP contribution in [0.15, 0.2) is 36.4 Å². The topological polar surface area (TPSA) is 132 Å². The van der Waals surface area contributed by atoms with E-state index in [1.165, 1.54) is 20.2 Å². The van der Waals surface area contributed by atoms with Crippen molar-refractivity contribution in [2.45, 2.75) is 6.92 Å². The molecule has 0 heterocycles. The summed E-state index contributed by atoms with van der Waals surface area (Å²) in [5.41, 5.74) is 0.347. The average Bonchev–Trinajstić information content (AvgIpc) is 2.69. The summed E-state index contributed by atoms with van der Waals surface area (Å²) in [5, 5.41) is 19.0. The first-order valence-electron chi connectivity index (χ1n) is 8.29. The molecule has 148 valence electrons. The van der Waals surface area contributed by atoms with Crippen LogP contribution in [0.4, 0.5) is 21.9 Å². The lowest BCUT2D eigenvalue weighted by atomic mass is 10.1. The lowest BCUT2D eigenvalue weighted by Crippen LogP contribution is -2.24. The maximum Gasteiger partial charge on any atom is 0.318 e. The van der Waals surface area contributed by atoms with Crippen molar-refractivity contribution >= 4 is 29.0 Å². The number of urea groups is 1. The van der Waals surface area contributed by atoms with E-state index in [1.807, 2.05) is 0 Å². The molecule has 0 spiro atoms. The first-order valence-corrected chi connectivity index (χ1v) is 8.29. The van der Waals surface area contributed by atoms with Gasteiger partial charge in [-0.1, -0.05) is 0 Å². The van der Waals surface area contributed by atoms with Crippen LogP contribution in [0.2, 0.25) is 0 Å². The van der Waals surface area contributed by atoms with Gasteiger partial charge in [-0.15, -0.1) is 0 Å². The van der Waals surface area contributed by atoms with Gasteiger partial charge in [0.1, 0.15) is 5.56 Å². The fourth-order valence-electron chi connectivity index (χ4n) is 2.34. The number of nitrogens with zero attached hydrogens (tertiary/aromatic N) is 1. The lowest BCUT2D eigenvalue weighted by Gasteiger charge is -2.12. The van der Waals surface area contributed by atoms with E-state index in [-0.39, 0.29) is 23.1 Å². The number of hydrogen-bond acceptors (Lipinski definition) is 6. The van der Waals surface area contributed by atoms with Crippen molar-refractivity contribution in [2.24, 2.45) is 0 Å². The highest BCUT2D eigenvalue weighted by Crippen LogP contribution is 2.35.